The fourth-order valence-corrected chi connectivity index (χ4v) is 5.35. The number of esters is 2. The molecule has 9 heteroatoms. The van der Waals surface area contributed by atoms with Gasteiger partial charge >= 0.3 is 11.9 Å². The van der Waals surface area contributed by atoms with E-state index in [2.05, 4.69) is 4.72 Å². The molecule has 3 rings (SSSR count). The first kappa shape index (κ1) is 23.2. The van der Waals surface area contributed by atoms with Gasteiger partial charge in [-0.3, -0.25) is 9.59 Å². The van der Waals surface area contributed by atoms with Crippen molar-refractivity contribution in [1.82, 2.24) is 4.72 Å². The average Bonchev–Trinajstić information content (AvgIpc) is 3.03. The van der Waals surface area contributed by atoms with Gasteiger partial charge in [0.2, 0.25) is 10.0 Å². The summed E-state index contributed by atoms with van der Waals surface area (Å²) in [5.74, 6) is -3.54. The molecule has 31 heavy (non-hydrogen) atoms. The Labute approximate surface area is 186 Å². The summed E-state index contributed by atoms with van der Waals surface area (Å²) in [6, 6.07) is 10.1. The topological polar surface area (TPSA) is 98.8 Å². The molecule has 1 aliphatic rings. The Balaban J connectivity index is 2.12. The van der Waals surface area contributed by atoms with E-state index in [1.165, 1.54) is 12.1 Å². The Hall–Kier alpha value is -2.42. The molecule has 0 amide bonds. The van der Waals surface area contributed by atoms with Gasteiger partial charge in [-0.15, -0.1) is 0 Å². The van der Waals surface area contributed by atoms with Gasteiger partial charge in [0, 0.05) is 5.02 Å². The number of hydrogen-bond acceptors (Lipinski definition) is 6. The highest BCUT2D eigenvalue weighted by Crippen LogP contribution is 2.49. The predicted octanol–water partition coefficient (Wildman–Crippen LogP) is 3.51. The lowest BCUT2D eigenvalue weighted by molar-refractivity contribution is -0.157. The molecule has 3 atom stereocenters. The van der Waals surface area contributed by atoms with Gasteiger partial charge in [0.15, 0.2) is 0 Å². The number of carbonyl (C=O) groups excluding carboxylic acids is 2. The van der Waals surface area contributed by atoms with Crippen molar-refractivity contribution in [3.63, 3.8) is 0 Å². The van der Waals surface area contributed by atoms with Crippen LogP contribution in [0.2, 0.25) is 5.02 Å². The first-order valence-corrected chi connectivity index (χ1v) is 11.8. The maximum atomic E-state index is 13.1. The van der Waals surface area contributed by atoms with E-state index in [1.807, 2.05) is 6.92 Å². The largest absolute Gasteiger partial charge is 0.466 e. The van der Waals surface area contributed by atoms with Gasteiger partial charge in [0.25, 0.3) is 0 Å². The van der Waals surface area contributed by atoms with Crippen molar-refractivity contribution in [1.29, 1.82) is 0 Å². The highest BCUT2D eigenvalue weighted by atomic mass is 35.5. The molecule has 0 unspecified atom stereocenters. The van der Waals surface area contributed by atoms with E-state index >= 15 is 0 Å². The zero-order valence-electron chi connectivity index (χ0n) is 17.4. The molecule has 0 saturated heterocycles. The quantitative estimate of drug-likeness (QED) is 0.628. The molecule has 2 aromatic carbocycles. The molecule has 1 aliphatic carbocycles. The minimum absolute atomic E-state index is 0.0360. The maximum Gasteiger partial charge on any atom is 0.314 e. The van der Waals surface area contributed by atoms with Gasteiger partial charge in [-0.1, -0.05) is 41.4 Å². The lowest BCUT2D eigenvalue weighted by atomic mass is 9.91. The van der Waals surface area contributed by atoms with Crippen LogP contribution in [-0.4, -0.2) is 33.6 Å². The number of halogens is 1. The first-order valence-electron chi connectivity index (χ1n) is 9.91. The summed E-state index contributed by atoms with van der Waals surface area (Å²) >= 11 is 6.42. The third-order valence-corrected chi connectivity index (χ3v) is 6.95. The fourth-order valence-electron chi connectivity index (χ4n) is 3.82. The maximum absolute atomic E-state index is 13.1. The van der Waals surface area contributed by atoms with E-state index in [1.54, 1.807) is 44.2 Å². The number of sulfonamides is 1. The van der Waals surface area contributed by atoms with Crippen LogP contribution in [0.15, 0.2) is 47.4 Å². The summed E-state index contributed by atoms with van der Waals surface area (Å²) in [6.07, 6.45) is 0. The number of ether oxygens (including phenoxy) is 2. The zero-order chi connectivity index (χ0) is 22.8. The second kappa shape index (κ2) is 9.38. The van der Waals surface area contributed by atoms with Crippen LogP contribution < -0.4 is 4.72 Å². The highest BCUT2D eigenvalue weighted by Gasteiger charge is 2.52. The van der Waals surface area contributed by atoms with Crippen LogP contribution >= 0.6 is 11.6 Å². The van der Waals surface area contributed by atoms with Gasteiger partial charge < -0.3 is 9.47 Å². The predicted molar refractivity (Wildman–Crippen MR) is 115 cm³/mol. The van der Waals surface area contributed by atoms with E-state index in [9.17, 15) is 18.0 Å². The molecule has 0 heterocycles. The number of nitrogens with one attached hydrogen (secondary N) is 1. The standard InChI is InChI=1S/C22H24ClNO6S/c1-4-29-21(25)18-15-7-6-8-16(23)17(15)20(19(18)22(26)30-5-2)24-31(27,28)14-11-9-13(3)10-12-14/h6-12,18-20,24H,4-5H2,1-3H3/t18-,19+,20+/m0/s1. The first-order chi connectivity index (χ1) is 14.7. The molecule has 1 N–H and O–H groups in total. The van der Waals surface area contributed by atoms with Crippen LogP contribution in [0, 0.1) is 12.8 Å². The molecule has 2 aromatic rings. The molecular weight excluding hydrogens is 442 g/mol. The molecule has 166 valence electrons. The fraction of sp³-hybridized carbons (Fsp3) is 0.364. The normalized spacial score (nSPS) is 20.2. The Morgan fingerprint density at radius 3 is 2.23 bits per heavy atom. The van der Waals surface area contributed by atoms with Crippen molar-refractivity contribution in [3.05, 3.63) is 64.2 Å². The minimum atomic E-state index is -4.03. The van der Waals surface area contributed by atoms with Crippen molar-refractivity contribution >= 4 is 33.6 Å². The van der Waals surface area contributed by atoms with E-state index in [0.29, 0.717) is 11.1 Å². The van der Waals surface area contributed by atoms with Crippen molar-refractivity contribution in [2.24, 2.45) is 5.92 Å². The van der Waals surface area contributed by atoms with Crippen LogP contribution in [-0.2, 0) is 29.1 Å². The Morgan fingerprint density at radius 1 is 1.00 bits per heavy atom. The van der Waals surface area contributed by atoms with E-state index in [-0.39, 0.29) is 23.1 Å². The van der Waals surface area contributed by atoms with Crippen molar-refractivity contribution < 1.29 is 27.5 Å². The SMILES string of the molecule is CCOC(=O)[C@H]1[C@H](NS(=O)(=O)c2ccc(C)cc2)c2c(Cl)cccc2[C@@H]1C(=O)OCC. The van der Waals surface area contributed by atoms with Gasteiger partial charge in [-0.05, 0) is 50.1 Å². The number of aryl methyl sites for hydroxylation is 1. The third kappa shape index (κ3) is 4.61. The van der Waals surface area contributed by atoms with Crippen LogP contribution in [0.1, 0.15) is 42.5 Å². The molecule has 0 aromatic heterocycles. The van der Waals surface area contributed by atoms with E-state index in [4.69, 9.17) is 21.1 Å². The summed E-state index contributed by atoms with van der Waals surface area (Å²) in [5.41, 5.74) is 1.72. The smallest absolute Gasteiger partial charge is 0.314 e. The second-order valence-corrected chi connectivity index (χ2v) is 9.28. The summed E-state index contributed by atoms with van der Waals surface area (Å²) in [7, 11) is -4.03. The minimum Gasteiger partial charge on any atom is -0.466 e. The number of hydrogen-bond donors (Lipinski definition) is 1. The molecule has 0 saturated carbocycles. The van der Waals surface area contributed by atoms with Gasteiger partial charge in [-0.2, -0.15) is 0 Å². The van der Waals surface area contributed by atoms with Gasteiger partial charge in [0.05, 0.1) is 36.0 Å². The Morgan fingerprint density at radius 2 is 1.61 bits per heavy atom. The van der Waals surface area contributed by atoms with E-state index in [0.717, 1.165) is 5.56 Å². The number of carbonyl (C=O) groups is 2. The summed E-state index contributed by atoms with van der Waals surface area (Å²) in [6.45, 7) is 5.32. The zero-order valence-corrected chi connectivity index (χ0v) is 19.0. The van der Waals surface area contributed by atoms with Gasteiger partial charge in [0.1, 0.15) is 0 Å². The Kier molecular flexibility index (Phi) is 7.03. The number of benzene rings is 2. The molecular formula is C22H24ClNO6S. The number of fused-ring (bicyclic) bond motifs is 1. The molecule has 0 aliphatic heterocycles. The molecule has 0 spiro atoms. The van der Waals surface area contributed by atoms with Crippen LogP contribution in [0.5, 0.6) is 0 Å². The van der Waals surface area contributed by atoms with Crippen LogP contribution in [0.25, 0.3) is 0 Å². The number of rotatable bonds is 7. The summed E-state index contributed by atoms with van der Waals surface area (Å²) < 4.78 is 39.2. The summed E-state index contributed by atoms with van der Waals surface area (Å²) in [4.78, 5) is 25.8. The lowest BCUT2D eigenvalue weighted by Gasteiger charge is -2.24. The van der Waals surface area contributed by atoms with Crippen LogP contribution in [0.4, 0.5) is 0 Å². The highest BCUT2D eigenvalue weighted by molar-refractivity contribution is 7.89. The molecule has 0 radical (unpaired) electrons. The second-order valence-electron chi connectivity index (χ2n) is 7.16. The van der Waals surface area contributed by atoms with Crippen LogP contribution in [0.3, 0.4) is 0 Å². The van der Waals surface area contributed by atoms with E-state index < -0.39 is 39.8 Å². The van der Waals surface area contributed by atoms with Crippen molar-refractivity contribution in [2.45, 2.75) is 37.6 Å². The average molecular weight is 466 g/mol. The third-order valence-electron chi connectivity index (χ3n) is 5.16. The monoisotopic (exact) mass is 465 g/mol. The molecule has 0 bridgehead atoms. The Bertz CT molecular complexity index is 1080. The molecule has 0 fully saturated rings. The van der Waals surface area contributed by atoms with Crippen molar-refractivity contribution in [3.8, 4) is 0 Å². The van der Waals surface area contributed by atoms with Crippen molar-refractivity contribution in [2.75, 3.05) is 13.2 Å². The van der Waals surface area contributed by atoms with Gasteiger partial charge in [-0.25, -0.2) is 13.1 Å². The summed E-state index contributed by atoms with van der Waals surface area (Å²) in [5, 5.41) is 0.246. The molecule has 7 nitrogen and oxygen atoms in total. The lowest BCUT2D eigenvalue weighted by Crippen LogP contribution is -2.38.